The molecular weight excluding hydrogens is 505 g/mol. The number of aryl methyl sites for hydroxylation is 1. The number of rotatable bonds is 6. The maximum atomic E-state index is 13.0. The number of nitrogens with zero attached hydrogens (tertiary/aromatic N) is 2. The molecule has 33 heavy (non-hydrogen) atoms. The second kappa shape index (κ2) is 9.76. The number of sulfonamides is 1. The number of benzene rings is 2. The summed E-state index contributed by atoms with van der Waals surface area (Å²) in [6.07, 6.45) is 1.20. The average Bonchev–Trinajstić information content (AvgIpc) is 3.10. The first-order valence-electron chi connectivity index (χ1n) is 10.5. The summed E-state index contributed by atoms with van der Waals surface area (Å²) >= 11 is 13.1. The number of carbonyl (C=O) groups excluding carboxylic acids is 1. The second-order valence-corrected chi connectivity index (χ2v) is 11.8. The van der Waals surface area contributed by atoms with E-state index in [2.05, 4.69) is 5.32 Å². The van der Waals surface area contributed by atoms with Crippen LogP contribution in [0.25, 0.3) is 10.2 Å². The molecule has 0 radical (unpaired) electrons. The molecule has 1 aliphatic heterocycles. The molecule has 0 bridgehead atoms. The van der Waals surface area contributed by atoms with Crippen molar-refractivity contribution < 1.29 is 13.2 Å². The van der Waals surface area contributed by atoms with Gasteiger partial charge in [0.25, 0.3) is 0 Å². The molecule has 7 nitrogen and oxygen atoms in total. The van der Waals surface area contributed by atoms with Crippen molar-refractivity contribution in [2.24, 2.45) is 5.92 Å². The second-order valence-electron chi connectivity index (χ2n) is 7.99. The lowest BCUT2D eigenvalue weighted by molar-refractivity contribution is -0.120. The Morgan fingerprint density at radius 2 is 1.97 bits per heavy atom. The van der Waals surface area contributed by atoms with Gasteiger partial charge in [-0.25, -0.2) is 12.7 Å². The molecule has 3 aromatic rings. The zero-order valence-electron chi connectivity index (χ0n) is 17.9. The SMILES string of the molecule is CCn1c(=O)sc2cc(NC(=O)C3CCCN(S(=O)(=O)Cc4ccc(Cl)c(Cl)c4)C3)ccc21. The van der Waals surface area contributed by atoms with Gasteiger partial charge in [0.1, 0.15) is 0 Å². The number of aromatic nitrogens is 1. The van der Waals surface area contributed by atoms with Crippen LogP contribution in [0.3, 0.4) is 0 Å². The molecule has 1 aromatic heterocycles. The van der Waals surface area contributed by atoms with E-state index in [0.29, 0.717) is 47.2 Å². The van der Waals surface area contributed by atoms with E-state index in [1.54, 1.807) is 34.9 Å². The van der Waals surface area contributed by atoms with E-state index in [1.807, 2.05) is 13.0 Å². The third kappa shape index (κ3) is 5.27. The Kier molecular flexibility index (Phi) is 7.16. The molecule has 2 aromatic carbocycles. The van der Waals surface area contributed by atoms with Gasteiger partial charge in [0.15, 0.2) is 0 Å². The van der Waals surface area contributed by atoms with Gasteiger partial charge in [0, 0.05) is 25.3 Å². The molecule has 176 valence electrons. The summed E-state index contributed by atoms with van der Waals surface area (Å²) in [6.45, 7) is 2.99. The van der Waals surface area contributed by atoms with Crippen LogP contribution in [-0.4, -0.2) is 36.3 Å². The fourth-order valence-corrected chi connectivity index (χ4v) is 6.94. The molecule has 4 rings (SSSR count). The van der Waals surface area contributed by atoms with Gasteiger partial charge in [-0.05, 0) is 55.7 Å². The fourth-order valence-electron chi connectivity index (χ4n) is 4.03. The zero-order valence-corrected chi connectivity index (χ0v) is 21.0. The monoisotopic (exact) mass is 527 g/mol. The number of halogens is 2. The lowest BCUT2D eigenvalue weighted by Crippen LogP contribution is -2.44. The number of nitrogens with one attached hydrogen (secondary N) is 1. The van der Waals surface area contributed by atoms with Crippen molar-refractivity contribution in [2.45, 2.75) is 32.1 Å². The molecule has 0 saturated carbocycles. The van der Waals surface area contributed by atoms with Crippen LogP contribution in [0.5, 0.6) is 0 Å². The van der Waals surface area contributed by atoms with Gasteiger partial charge in [-0.15, -0.1) is 0 Å². The highest BCUT2D eigenvalue weighted by Crippen LogP contribution is 2.27. The van der Waals surface area contributed by atoms with Crippen LogP contribution in [0.4, 0.5) is 5.69 Å². The van der Waals surface area contributed by atoms with E-state index in [-0.39, 0.29) is 23.1 Å². The molecule has 0 spiro atoms. The minimum atomic E-state index is -3.62. The number of carbonyl (C=O) groups is 1. The number of anilines is 1. The van der Waals surface area contributed by atoms with Crippen LogP contribution in [0, 0.1) is 5.92 Å². The number of piperidine rings is 1. The number of hydrogen-bond acceptors (Lipinski definition) is 5. The molecule has 0 aliphatic carbocycles. The summed E-state index contributed by atoms with van der Waals surface area (Å²) < 4.78 is 29.8. The Morgan fingerprint density at radius 3 is 2.70 bits per heavy atom. The van der Waals surface area contributed by atoms with Gasteiger partial charge in [0.2, 0.25) is 15.9 Å². The first-order chi connectivity index (χ1) is 15.7. The standard InChI is InChI=1S/C22H23Cl2N3O4S2/c1-2-27-19-8-6-16(11-20(19)32-22(27)29)25-21(28)15-4-3-9-26(12-15)33(30,31)13-14-5-7-17(23)18(24)10-14/h5-8,10-11,15H,2-4,9,12-13H2,1H3,(H,25,28). The van der Waals surface area contributed by atoms with E-state index < -0.39 is 15.9 Å². The Labute approximate surface area is 206 Å². The lowest BCUT2D eigenvalue weighted by atomic mass is 9.98. The quantitative estimate of drug-likeness (QED) is 0.508. The highest BCUT2D eigenvalue weighted by atomic mass is 35.5. The smallest absolute Gasteiger partial charge is 0.308 e. The summed E-state index contributed by atoms with van der Waals surface area (Å²) in [7, 11) is -3.62. The van der Waals surface area contributed by atoms with Gasteiger partial charge in [-0.1, -0.05) is 40.6 Å². The first kappa shape index (κ1) is 24.2. The molecule has 1 fully saturated rings. The van der Waals surface area contributed by atoms with Crippen molar-refractivity contribution >= 4 is 66.4 Å². The molecule has 2 heterocycles. The minimum absolute atomic E-state index is 0.0360. The van der Waals surface area contributed by atoms with Gasteiger partial charge in [0.05, 0.1) is 31.9 Å². The molecule has 1 amide bonds. The van der Waals surface area contributed by atoms with Gasteiger partial charge < -0.3 is 5.32 Å². The zero-order chi connectivity index (χ0) is 23.8. The number of fused-ring (bicyclic) bond motifs is 1. The summed E-state index contributed by atoms with van der Waals surface area (Å²) in [5, 5.41) is 3.56. The van der Waals surface area contributed by atoms with Gasteiger partial charge >= 0.3 is 4.87 Å². The van der Waals surface area contributed by atoms with Gasteiger partial charge in [-0.3, -0.25) is 14.2 Å². The van der Waals surface area contributed by atoms with Crippen LogP contribution >= 0.6 is 34.5 Å². The molecule has 1 N–H and O–H groups in total. The lowest BCUT2D eigenvalue weighted by Gasteiger charge is -2.31. The van der Waals surface area contributed by atoms with E-state index >= 15 is 0 Å². The van der Waals surface area contributed by atoms with Crippen molar-refractivity contribution in [3.63, 3.8) is 0 Å². The maximum absolute atomic E-state index is 13.0. The summed E-state index contributed by atoms with van der Waals surface area (Å²) in [4.78, 5) is 24.9. The molecule has 1 atom stereocenters. The first-order valence-corrected chi connectivity index (χ1v) is 13.7. The third-order valence-corrected chi connectivity index (χ3v) is 9.23. The summed E-state index contributed by atoms with van der Waals surface area (Å²) in [5.41, 5.74) is 1.97. The molecule has 1 unspecified atom stereocenters. The van der Waals surface area contributed by atoms with Crippen LogP contribution in [0.1, 0.15) is 25.3 Å². The Morgan fingerprint density at radius 1 is 1.18 bits per heavy atom. The Bertz CT molecular complexity index is 1370. The predicted molar refractivity (Wildman–Crippen MR) is 134 cm³/mol. The Balaban J connectivity index is 1.45. The van der Waals surface area contributed by atoms with E-state index in [4.69, 9.17) is 23.2 Å². The van der Waals surface area contributed by atoms with E-state index in [0.717, 1.165) is 21.6 Å². The van der Waals surface area contributed by atoms with Crippen LogP contribution in [0.15, 0.2) is 41.2 Å². The predicted octanol–water partition coefficient (Wildman–Crippen LogP) is 4.57. The van der Waals surface area contributed by atoms with Crippen LogP contribution in [-0.2, 0) is 27.1 Å². The Hall–Kier alpha value is -1.91. The minimum Gasteiger partial charge on any atom is -0.326 e. The van der Waals surface area contributed by atoms with Crippen molar-refractivity contribution in [1.29, 1.82) is 0 Å². The van der Waals surface area contributed by atoms with Gasteiger partial charge in [-0.2, -0.15) is 0 Å². The number of hydrogen-bond donors (Lipinski definition) is 1. The van der Waals surface area contributed by atoms with E-state index in [9.17, 15) is 18.0 Å². The van der Waals surface area contributed by atoms with E-state index in [1.165, 1.54) is 4.31 Å². The largest absolute Gasteiger partial charge is 0.326 e. The highest BCUT2D eigenvalue weighted by Gasteiger charge is 2.32. The molecule has 1 aliphatic rings. The third-order valence-electron chi connectivity index (χ3n) is 5.73. The van der Waals surface area contributed by atoms with Crippen LogP contribution in [0.2, 0.25) is 10.0 Å². The highest BCUT2D eigenvalue weighted by molar-refractivity contribution is 7.88. The summed E-state index contributed by atoms with van der Waals surface area (Å²) in [5.74, 6) is -0.898. The fraction of sp³-hybridized carbons (Fsp3) is 0.364. The normalized spacial score (nSPS) is 17.4. The van der Waals surface area contributed by atoms with Crippen molar-refractivity contribution in [3.05, 3.63) is 61.7 Å². The molecule has 11 heteroatoms. The number of thiazole rings is 1. The number of amides is 1. The van der Waals surface area contributed by atoms with Crippen LogP contribution < -0.4 is 10.2 Å². The topological polar surface area (TPSA) is 88.5 Å². The summed E-state index contributed by atoms with van der Waals surface area (Å²) in [6, 6.07) is 10.1. The van der Waals surface area contributed by atoms with Crippen molar-refractivity contribution in [2.75, 3.05) is 18.4 Å². The van der Waals surface area contributed by atoms with Crippen molar-refractivity contribution in [1.82, 2.24) is 8.87 Å². The maximum Gasteiger partial charge on any atom is 0.308 e. The molecule has 1 saturated heterocycles. The average molecular weight is 528 g/mol. The van der Waals surface area contributed by atoms with Crippen molar-refractivity contribution in [3.8, 4) is 0 Å². The molecular formula is C22H23Cl2N3O4S2.